The number of carbonyl (C=O) groups excluding carboxylic acids is 2. The number of nitrogens with zero attached hydrogens (tertiary/aromatic N) is 3. The summed E-state index contributed by atoms with van der Waals surface area (Å²) in [4.78, 5) is 40.7. The largest absolute Gasteiger partial charge is 0.495 e. The number of hydrogen-bond donors (Lipinski definition) is 1. The van der Waals surface area contributed by atoms with Gasteiger partial charge in [-0.15, -0.1) is 0 Å². The molecule has 6 rings (SSSR count). The first-order chi connectivity index (χ1) is 18.5. The molecule has 10 nitrogen and oxygen atoms in total. The molecule has 5 heterocycles. The third-order valence-electron chi connectivity index (χ3n) is 7.34. The highest BCUT2D eigenvalue weighted by atomic mass is 16.6. The molecule has 0 saturated carbocycles. The summed E-state index contributed by atoms with van der Waals surface area (Å²) >= 11 is 0. The second-order valence-electron chi connectivity index (χ2n) is 9.79. The van der Waals surface area contributed by atoms with E-state index in [1.54, 1.807) is 25.4 Å². The topological polar surface area (TPSA) is 112 Å². The molecule has 0 unspecified atom stereocenters. The lowest BCUT2D eigenvalue weighted by Crippen LogP contribution is -2.38. The predicted molar refractivity (Wildman–Crippen MR) is 142 cm³/mol. The van der Waals surface area contributed by atoms with E-state index in [2.05, 4.69) is 10.3 Å². The molecule has 3 aliphatic heterocycles. The fraction of sp³-hybridized carbons (Fsp3) is 0.429. The fourth-order valence-corrected chi connectivity index (χ4v) is 5.30. The van der Waals surface area contributed by atoms with Gasteiger partial charge in [0.25, 0.3) is 5.56 Å². The van der Waals surface area contributed by atoms with E-state index in [9.17, 15) is 14.4 Å². The van der Waals surface area contributed by atoms with Gasteiger partial charge in [0.15, 0.2) is 11.5 Å². The number of aryl methyl sites for hydroxylation is 1. The van der Waals surface area contributed by atoms with Crippen LogP contribution in [0.15, 0.2) is 47.4 Å². The molecule has 0 atom stereocenters. The van der Waals surface area contributed by atoms with Gasteiger partial charge in [-0.2, -0.15) is 0 Å². The number of pyridine rings is 2. The minimum atomic E-state index is -0.144. The highest BCUT2D eigenvalue weighted by Gasteiger charge is 2.44. The lowest BCUT2D eigenvalue weighted by molar-refractivity contribution is -0.118. The first-order valence-electron chi connectivity index (χ1n) is 12.9. The van der Waals surface area contributed by atoms with Gasteiger partial charge in [0.2, 0.25) is 5.91 Å². The highest BCUT2D eigenvalue weighted by Crippen LogP contribution is 2.43. The Kier molecular flexibility index (Phi) is 7.59. The number of anilines is 1. The Bertz CT molecular complexity index is 1380. The molecule has 1 spiro atoms. The van der Waals surface area contributed by atoms with E-state index in [0.717, 1.165) is 55.9 Å². The van der Waals surface area contributed by atoms with E-state index in [4.69, 9.17) is 14.2 Å². The number of fused-ring (bicyclic) bond motifs is 2. The van der Waals surface area contributed by atoms with Gasteiger partial charge in [-0.3, -0.25) is 14.6 Å². The Morgan fingerprint density at radius 3 is 2.63 bits per heavy atom. The minimum Gasteiger partial charge on any atom is -0.495 e. The smallest absolute Gasteiger partial charge is 0.251 e. The number of benzene rings is 1. The molecule has 1 N–H and O–H groups in total. The lowest BCUT2D eigenvalue weighted by atomic mass is 9.78. The van der Waals surface area contributed by atoms with Crippen molar-refractivity contribution in [2.24, 2.45) is 5.41 Å². The predicted octanol–water partition coefficient (Wildman–Crippen LogP) is 2.56. The average Bonchev–Trinajstić information content (AvgIpc) is 3.27. The molecule has 0 radical (unpaired) electrons. The van der Waals surface area contributed by atoms with Crippen LogP contribution in [0.5, 0.6) is 17.2 Å². The van der Waals surface area contributed by atoms with Crippen molar-refractivity contribution in [3.63, 3.8) is 0 Å². The maximum Gasteiger partial charge on any atom is 0.251 e. The van der Waals surface area contributed by atoms with Gasteiger partial charge in [0, 0.05) is 49.8 Å². The first-order valence-corrected chi connectivity index (χ1v) is 12.9. The van der Waals surface area contributed by atoms with Crippen LogP contribution < -0.4 is 30.0 Å². The maximum atomic E-state index is 12.4. The molecule has 0 bridgehead atoms. The van der Waals surface area contributed by atoms with Crippen LogP contribution in [-0.2, 0) is 16.1 Å². The standard InChI is InChI=1S/C16H20N2O3.C12H12N2O3/c19-15-10-16(3-5-17-6-4-16)11-18(15)12-1-2-13-14(9-12)21-8-7-20-13;1-17-9-7-11-10(13-8-9)3-4-12(16)14(11)5-2-6-15/h1-2,9,17H,3-8,10-11H2;3-4,6-8H,2,5H2,1H3. The van der Waals surface area contributed by atoms with Crippen LogP contribution in [0, 0.1) is 5.41 Å². The zero-order valence-corrected chi connectivity index (χ0v) is 21.5. The summed E-state index contributed by atoms with van der Waals surface area (Å²) < 4.78 is 17.8. The van der Waals surface area contributed by atoms with Crippen LogP contribution in [0.3, 0.4) is 0 Å². The van der Waals surface area contributed by atoms with Crippen LogP contribution in [0.25, 0.3) is 11.0 Å². The third kappa shape index (κ3) is 5.35. The second kappa shape index (κ2) is 11.2. The van der Waals surface area contributed by atoms with Crippen molar-refractivity contribution in [1.82, 2.24) is 14.9 Å². The van der Waals surface area contributed by atoms with Crippen molar-refractivity contribution >= 4 is 28.9 Å². The third-order valence-corrected chi connectivity index (χ3v) is 7.34. The van der Waals surface area contributed by atoms with Crippen LogP contribution in [0.1, 0.15) is 25.7 Å². The van der Waals surface area contributed by atoms with Crippen molar-refractivity contribution in [2.75, 3.05) is 44.9 Å². The van der Waals surface area contributed by atoms with E-state index >= 15 is 0 Å². The van der Waals surface area contributed by atoms with Gasteiger partial charge in [-0.25, -0.2) is 0 Å². The minimum absolute atomic E-state index is 0.144. The van der Waals surface area contributed by atoms with Gasteiger partial charge in [-0.1, -0.05) is 0 Å². The van der Waals surface area contributed by atoms with Gasteiger partial charge in [-0.05, 0) is 49.5 Å². The number of nitrogens with one attached hydrogen (secondary N) is 1. The molecule has 2 fully saturated rings. The number of aldehydes is 1. The summed E-state index contributed by atoms with van der Waals surface area (Å²) in [6.45, 7) is 4.37. The summed E-state index contributed by atoms with van der Waals surface area (Å²) in [7, 11) is 1.54. The summed E-state index contributed by atoms with van der Waals surface area (Å²) in [5.74, 6) is 2.34. The summed E-state index contributed by atoms with van der Waals surface area (Å²) in [5.41, 5.74) is 2.33. The number of ether oxygens (including phenoxy) is 3. The van der Waals surface area contributed by atoms with Crippen molar-refractivity contribution in [1.29, 1.82) is 0 Å². The molecule has 0 aliphatic carbocycles. The number of hydrogen-bond acceptors (Lipinski definition) is 8. The highest BCUT2D eigenvalue weighted by molar-refractivity contribution is 5.96. The van der Waals surface area contributed by atoms with Gasteiger partial charge in [0.05, 0.1) is 24.3 Å². The number of amides is 1. The van der Waals surface area contributed by atoms with E-state index in [-0.39, 0.29) is 16.9 Å². The Hall–Kier alpha value is -3.92. The molecular formula is C28H32N4O6. The molecule has 200 valence electrons. The van der Waals surface area contributed by atoms with Gasteiger partial charge >= 0.3 is 0 Å². The molecular weight excluding hydrogens is 488 g/mol. The van der Waals surface area contributed by atoms with Crippen molar-refractivity contribution in [2.45, 2.75) is 32.2 Å². The second-order valence-corrected chi connectivity index (χ2v) is 9.79. The molecule has 3 aliphatic rings. The summed E-state index contributed by atoms with van der Waals surface area (Å²) in [6, 6.07) is 10.7. The normalized spacial score (nSPS) is 17.7. The summed E-state index contributed by atoms with van der Waals surface area (Å²) in [5, 5.41) is 3.38. The SMILES string of the molecule is COc1cnc2ccc(=O)n(CCC=O)c2c1.O=C1CC2(CCNCC2)CN1c1ccc2c(c1)OCCO2. The Labute approximate surface area is 220 Å². The quantitative estimate of drug-likeness (QED) is 0.511. The molecule has 3 aromatic rings. The Balaban J connectivity index is 0.000000159. The van der Waals surface area contributed by atoms with Crippen LogP contribution in [0.2, 0.25) is 0 Å². The number of rotatable bonds is 5. The van der Waals surface area contributed by atoms with Crippen LogP contribution >= 0.6 is 0 Å². The number of aromatic nitrogens is 2. The molecule has 1 aromatic carbocycles. The zero-order chi connectivity index (χ0) is 26.5. The van der Waals surface area contributed by atoms with Crippen molar-refractivity contribution < 1.29 is 23.8 Å². The fourth-order valence-electron chi connectivity index (χ4n) is 5.30. The zero-order valence-electron chi connectivity index (χ0n) is 21.5. The lowest BCUT2D eigenvalue weighted by Gasteiger charge is -2.33. The van der Waals surface area contributed by atoms with E-state index in [1.807, 2.05) is 23.1 Å². The summed E-state index contributed by atoms with van der Waals surface area (Å²) in [6.07, 6.45) is 5.52. The molecule has 1 amide bonds. The average molecular weight is 521 g/mol. The van der Waals surface area contributed by atoms with E-state index in [1.165, 1.54) is 10.6 Å². The maximum absolute atomic E-state index is 12.4. The van der Waals surface area contributed by atoms with Gasteiger partial charge in [0.1, 0.15) is 25.2 Å². The molecule has 10 heteroatoms. The molecule has 2 saturated heterocycles. The molecule has 2 aromatic heterocycles. The van der Waals surface area contributed by atoms with Crippen LogP contribution in [0.4, 0.5) is 5.69 Å². The Morgan fingerprint density at radius 1 is 1.08 bits per heavy atom. The molecule has 38 heavy (non-hydrogen) atoms. The van der Waals surface area contributed by atoms with Crippen LogP contribution in [-0.4, -0.2) is 61.7 Å². The Morgan fingerprint density at radius 2 is 1.87 bits per heavy atom. The van der Waals surface area contributed by atoms with Crippen molar-refractivity contribution in [3.8, 4) is 17.2 Å². The van der Waals surface area contributed by atoms with Crippen molar-refractivity contribution in [3.05, 3.63) is 52.9 Å². The van der Waals surface area contributed by atoms with E-state index < -0.39 is 0 Å². The van der Waals surface area contributed by atoms with Gasteiger partial charge < -0.3 is 33.8 Å². The number of piperidine rings is 1. The van der Waals surface area contributed by atoms with E-state index in [0.29, 0.717) is 49.4 Å². The number of carbonyl (C=O) groups is 2. The number of methoxy groups -OCH3 is 1. The first kappa shape index (κ1) is 25.7. The monoisotopic (exact) mass is 520 g/mol.